The van der Waals surface area contributed by atoms with Crippen LogP contribution in [0.25, 0.3) is 0 Å². The highest BCUT2D eigenvalue weighted by Gasteiger charge is 2.17. The van der Waals surface area contributed by atoms with Crippen LogP contribution in [-0.4, -0.2) is 22.6 Å². The zero-order valence-corrected chi connectivity index (χ0v) is 13.1. The lowest BCUT2D eigenvalue weighted by molar-refractivity contribution is -0.729. The van der Waals surface area contributed by atoms with Gasteiger partial charge in [0.2, 0.25) is 0 Å². The van der Waals surface area contributed by atoms with Gasteiger partial charge in [0.1, 0.15) is 0 Å². The van der Waals surface area contributed by atoms with E-state index in [9.17, 15) is 14.9 Å². The predicted octanol–water partition coefficient (Wildman–Crippen LogP) is 4.18. The Hall–Kier alpha value is -2.11. The van der Waals surface area contributed by atoms with Gasteiger partial charge in [0.25, 0.3) is 0 Å². The Morgan fingerprint density at radius 1 is 1.14 bits per heavy atom. The predicted molar refractivity (Wildman–Crippen MR) is 83.7 cm³/mol. The molecule has 1 amide bonds. The highest BCUT2D eigenvalue weighted by molar-refractivity contribution is 5.66. The average molecular weight is 308 g/mol. The van der Waals surface area contributed by atoms with E-state index in [0.29, 0.717) is 13.1 Å². The Balaban J connectivity index is 2.47. The van der Waals surface area contributed by atoms with Gasteiger partial charge < -0.3 is 4.90 Å². The lowest BCUT2D eigenvalue weighted by Gasteiger charge is -2.21. The highest BCUT2D eigenvalue weighted by Crippen LogP contribution is 2.10. The van der Waals surface area contributed by atoms with Crippen LogP contribution in [0.4, 0.5) is 4.79 Å². The maximum atomic E-state index is 11.8. The number of carbonyl (C=O) groups is 1. The van der Waals surface area contributed by atoms with Gasteiger partial charge in [-0.1, -0.05) is 69.4 Å². The van der Waals surface area contributed by atoms with Crippen LogP contribution >= 0.6 is 0 Å². The first-order valence-electron chi connectivity index (χ1n) is 7.78. The van der Waals surface area contributed by atoms with E-state index in [0.717, 1.165) is 24.8 Å². The van der Waals surface area contributed by atoms with Crippen LogP contribution in [0.15, 0.2) is 30.3 Å². The minimum absolute atomic E-state index is 0.322. The van der Waals surface area contributed by atoms with E-state index in [1.165, 1.54) is 24.2 Å². The van der Waals surface area contributed by atoms with E-state index in [4.69, 9.17) is 0 Å². The van der Waals surface area contributed by atoms with E-state index >= 15 is 0 Å². The molecule has 122 valence electrons. The van der Waals surface area contributed by atoms with Crippen molar-refractivity contribution >= 4 is 6.09 Å². The normalized spacial score (nSPS) is 10.2. The molecule has 0 radical (unpaired) electrons. The van der Waals surface area contributed by atoms with Crippen LogP contribution in [-0.2, 0) is 11.4 Å². The topological polar surface area (TPSA) is 72.7 Å². The summed E-state index contributed by atoms with van der Waals surface area (Å²) in [5.41, 5.74) is 0.925. The second-order valence-electron chi connectivity index (χ2n) is 5.26. The van der Waals surface area contributed by atoms with Crippen molar-refractivity contribution in [1.82, 2.24) is 4.90 Å². The molecular formula is C16H24N2O4. The number of rotatable bonds is 10. The summed E-state index contributed by atoms with van der Waals surface area (Å²) >= 11 is 0. The third-order valence-corrected chi connectivity index (χ3v) is 3.41. The summed E-state index contributed by atoms with van der Waals surface area (Å²) in [5.74, 6) is 0. The first kappa shape index (κ1) is 17.9. The van der Waals surface area contributed by atoms with Gasteiger partial charge in [-0.3, -0.25) is 0 Å². The van der Waals surface area contributed by atoms with Crippen molar-refractivity contribution in [2.45, 2.75) is 52.0 Å². The Kier molecular flexibility index (Phi) is 8.64. The molecule has 0 atom stereocenters. The Morgan fingerprint density at radius 2 is 1.77 bits per heavy atom. The van der Waals surface area contributed by atoms with Crippen LogP contribution in [0.5, 0.6) is 0 Å². The molecule has 0 heterocycles. The van der Waals surface area contributed by atoms with Gasteiger partial charge in [-0.15, -0.1) is 10.1 Å². The fourth-order valence-electron chi connectivity index (χ4n) is 2.24. The first-order valence-corrected chi connectivity index (χ1v) is 7.78. The second kappa shape index (κ2) is 10.6. The Labute approximate surface area is 131 Å². The van der Waals surface area contributed by atoms with Crippen molar-refractivity contribution in [3.05, 3.63) is 46.0 Å². The van der Waals surface area contributed by atoms with Gasteiger partial charge in [0.15, 0.2) is 0 Å². The molecule has 6 nitrogen and oxygen atoms in total. The number of hydrogen-bond donors (Lipinski definition) is 0. The number of unbranched alkanes of at least 4 members (excludes halogenated alkanes) is 5. The van der Waals surface area contributed by atoms with E-state index in [2.05, 4.69) is 11.8 Å². The van der Waals surface area contributed by atoms with E-state index < -0.39 is 11.2 Å². The van der Waals surface area contributed by atoms with Crippen LogP contribution in [0.3, 0.4) is 0 Å². The molecule has 22 heavy (non-hydrogen) atoms. The van der Waals surface area contributed by atoms with Gasteiger partial charge in [-0.05, 0) is 12.0 Å². The zero-order valence-electron chi connectivity index (χ0n) is 13.1. The molecule has 0 aliphatic carbocycles. The standard InChI is InChI=1S/C16H24N2O4/c1-2-3-4-5-6-10-13-17(16(19)22-18(20)21)14-15-11-8-7-9-12-15/h7-9,11-12H,2-6,10,13-14H2,1H3. The smallest absolute Gasteiger partial charge is 0.316 e. The third-order valence-electron chi connectivity index (χ3n) is 3.41. The number of nitrogens with zero attached hydrogens (tertiary/aromatic N) is 2. The van der Waals surface area contributed by atoms with Crippen molar-refractivity contribution in [3.63, 3.8) is 0 Å². The molecule has 0 saturated carbocycles. The van der Waals surface area contributed by atoms with Gasteiger partial charge in [-0.2, -0.15) is 0 Å². The van der Waals surface area contributed by atoms with Crippen LogP contribution < -0.4 is 0 Å². The molecule has 0 unspecified atom stereocenters. The summed E-state index contributed by atoms with van der Waals surface area (Å²) in [6, 6.07) is 9.40. The second-order valence-corrected chi connectivity index (χ2v) is 5.26. The summed E-state index contributed by atoms with van der Waals surface area (Å²) in [4.78, 5) is 27.6. The maximum Gasteiger partial charge on any atom is 0.399 e. The molecule has 0 N–H and O–H groups in total. The fraction of sp³-hybridized carbons (Fsp3) is 0.562. The quantitative estimate of drug-likeness (QED) is 0.369. The molecule has 0 spiro atoms. The molecule has 1 rings (SSSR count). The van der Waals surface area contributed by atoms with E-state index in [1.807, 2.05) is 30.3 Å². The maximum absolute atomic E-state index is 11.8. The largest absolute Gasteiger partial charge is 0.399 e. The van der Waals surface area contributed by atoms with Crippen molar-refractivity contribution in [1.29, 1.82) is 0 Å². The molecule has 0 aromatic heterocycles. The summed E-state index contributed by atoms with van der Waals surface area (Å²) < 4.78 is 0. The molecule has 0 bridgehead atoms. The number of benzene rings is 1. The van der Waals surface area contributed by atoms with E-state index in [1.54, 1.807) is 0 Å². The van der Waals surface area contributed by atoms with Crippen molar-refractivity contribution in [2.24, 2.45) is 0 Å². The van der Waals surface area contributed by atoms with Gasteiger partial charge in [0, 0.05) is 13.1 Å². The minimum Gasteiger partial charge on any atom is -0.316 e. The Bertz CT molecular complexity index is 451. The van der Waals surface area contributed by atoms with Gasteiger partial charge in [0.05, 0.1) is 0 Å². The number of carbonyl (C=O) groups excluding carboxylic acids is 1. The molecular weight excluding hydrogens is 284 g/mol. The summed E-state index contributed by atoms with van der Waals surface area (Å²) in [5, 5.41) is 9.30. The summed E-state index contributed by atoms with van der Waals surface area (Å²) in [7, 11) is 0. The zero-order chi connectivity index (χ0) is 16.2. The fourth-order valence-corrected chi connectivity index (χ4v) is 2.24. The van der Waals surface area contributed by atoms with Crippen molar-refractivity contribution in [3.8, 4) is 0 Å². The lowest BCUT2D eigenvalue weighted by atomic mass is 10.1. The Morgan fingerprint density at radius 3 is 2.41 bits per heavy atom. The van der Waals surface area contributed by atoms with Crippen LogP contribution in [0.1, 0.15) is 51.0 Å². The molecule has 0 aliphatic rings. The van der Waals surface area contributed by atoms with Crippen molar-refractivity contribution in [2.75, 3.05) is 6.54 Å². The lowest BCUT2D eigenvalue weighted by Crippen LogP contribution is -2.33. The van der Waals surface area contributed by atoms with Crippen LogP contribution in [0.2, 0.25) is 0 Å². The number of amides is 1. The molecule has 1 aromatic rings. The van der Waals surface area contributed by atoms with Crippen LogP contribution in [0, 0.1) is 10.1 Å². The first-order chi connectivity index (χ1) is 10.6. The summed E-state index contributed by atoms with van der Waals surface area (Å²) in [6.07, 6.45) is 5.65. The van der Waals surface area contributed by atoms with Gasteiger partial charge in [-0.25, -0.2) is 9.63 Å². The molecule has 0 saturated heterocycles. The van der Waals surface area contributed by atoms with Crippen molar-refractivity contribution < 1.29 is 14.7 Å². The molecule has 0 aliphatic heterocycles. The molecule has 1 aromatic carbocycles. The summed E-state index contributed by atoms with van der Waals surface area (Å²) in [6.45, 7) is 2.95. The SMILES string of the molecule is CCCCCCCCN(Cc1ccccc1)C(=O)O[N+](=O)[O-]. The molecule has 0 fully saturated rings. The van der Waals surface area contributed by atoms with E-state index in [-0.39, 0.29) is 0 Å². The number of hydrogen-bond acceptors (Lipinski definition) is 4. The molecule has 6 heteroatoms. The van der Waals surface area contributed by atoms with Gasteiger partial charge >= 0.3 is 11.2 Å². The monoisotopic (exact) mass is 308 g/mol. The average Bonchev–Trinajstić information content (AvgIpc) is 2.50. The minimum atomic E-state index is -1.05. The third kappa shape index (κ3) is 7.61. The highest BCUT2D eigenvalue weighted by atomic mass is 17.0.